The molecule has 3 aromatic rings. The maximum absolute atomic E-state index is 13.0. The van der Waals surface area contributed by atoms with Crippen LogP contribution in [0.3, 0.4) is 0 Å². The molecular formula is C23H17N3O3. The normalized spacial score (nSPS) is 15.7. The smallest absolute Gasteiger partial charge is 0.335 e. The third-order valence-corrected chi connectivity index (χ3v) is 4.77. The summed E-state index contributed by atoms with van der Waals surface area (Å²) in [7, 11) is 0. The lowest BCUT2D eigenvalue weighted by atomic mass is 10.1. The van der Waals surface area contributed by atoms with Gasteiger partial charge in [0.1, 0.15) is 5.57 Å². The van der Waals surface area contributed by atoms with E-state index in [2.05, 4.69) is 11.2 Å². The van der Waals surface area contributed by atoms with Crippen molar-refractivity contribution in [3.8, 4) is 12.3 Å². The zero-order chi connectivity index (χ0) is 20.5. The van der Waals surface area contributed by atoms with E-state index in [-0.39, 0.29) is 5.57 Å². The molecule has 0 saturated carbocycles. The molecule has 0 unspecified atom stereocenters. The van der Waals surface area contributed by atoms with Crippen molar-refractivity contribution in [2.75, 3.05) is 4.90 Å². The van der Waals surface area contributed by atoms with Gasteiger partial charge in [0, 0.05) is 22.7 Å². The van der Waals surface area contributed by atoms with E-state index in [1.165, 1.54) is 6.08 Å². The minimum Gasteiger partial charge on any atom is -0.335 e. The van der Waals surface area contributed by atoms with Crippen LogP contribution >= 0.6 is 0 Å². The van der Waals surface area contributed by atoms with E-state index in [9.17, 15) is 14.4 Å². The number of para-hydroxylation sites is 1. The molecule has 1 N–H and O–H groups in total. The molecule has 4 amide bonds. The topological polar surface area (TPSA) is 71.4 Å². The maximum atomic E-state index is 13.0. The lowest BCUT2D eigenvalue weighted by molar-refractivity contribution is -0.122. The Hall–Kier alpha value is -4.11. The molecule has 0 spiro atoms. The summed E-state index contributed by atoms with van der Waals surface area (Å²) < 4.78 is 1.87. The number of terminal acetylenes is 1. The highest BCUT2D eigenvalue weighted by molar-refractivity contribution is 6.39. The van der Waals surface area contributed by atoms with E-state index in [0.717, 1.165) is 21.4 Å². The van der Waals surface area contributed by atoms with Crippen LogP contribution in [0.15, 0.2) is 60.3 Å². The van der Waals surface area contributed by atoms with Crippen LogP contribution in [0.4, 0.5) is 10.5 Å². The summed E-state index contributed by atoms with van der Waals surface area (Å²) in [6, 6.07) is 13.7. The number of imide groups is 2. The Morgan fingerprint density at radius 3 is 2.52 bits per heavy atom. The Labute approximate surface area is 167 Å². The van der Waals surface area contributed by atoms with Crippen LogP contribution in [0, 0.1) is 19.3 Å². The van der Waals surface area contributed by atoms with Gasteiger partial charge < -0.3 is 4.57 Å². The fourth-order valence-electron chi connectivity index (χ4n) is 3.36. The van der Waals surface area contributed by atoms with Crippen molar-refractivity contribution >= 4 is 40.5 Å². The number of hydrogen-bond donors (Lipinski definition) is 1. The van der Waals surface area contributed by atoms with Gasteiger partial charge in [-0.15, -0.1) is 6.42 Å². The van der Waals surface area contributed by atoms with Crippen LogP contribution in [-0.2, 0) is 16.1 Å². The molecule has 142 valence electrons. The molecule has 1 saturated heterocycles. The average Bonchev–Trinajstić information content (AvgIpc) is 3.04. The first kappa shape index (κ1) is 18.3. The van der Waals surface area contributed by atoms with E-state index in [0.29, 0.717) is 17.8 Å². The zero-order valence-corrected chi connectivity index (χ0v) is 15.7. The third kappa shape index (κ3) is 3.19. The van der Waals surface area contributed by atoms with Gasteiger partial charge in [-0.2, -0.15) is 0 Å². The van der Waals surface area contributed by atoms with E-state index in [4.69, 9.17) is 6.42 Å². The monoisotopic (exact) mass is 383 g/mol. The third-order valence-electron chi connectivity index (χ3n) is 4.77. The standard InChI is InChI=1S/C23H17N3O3/c1-3-12-25-14-16(18-6-4-5-7-20(18)25)13-19-21(27)24-23(29)26(22(19)28)17-10-8-15(2)9-11-17/h1,4-11,13-14H,12H2,2H3,(H,24,27,29)/b19-13-. The number of amides is 4. The van der Waals surface area contributed by atoms with Crippen LogP contribution < -0.4 is 10.2 Å². The highest BCUT2D eigenvalue weighted by Crippen LogP contribution is 2.26. The lowest BCUT2D eigenvalue weighted by Crippen LogP contribution is -2.54. The first-order valence-electron chi connectivity index (χ1n) is 8.99. The molecule has 6 nitrogen and oxygen atoms in total. The minimum atomic E-state index is -0.768. The van der Waals surface area contributed by atoms with Gasteiger partial charge in [-0.25, -0.2) is 9.69 Å². The van der Waals surface area contributed by atoms with Crippen LogP contribution in [0.5, 0.6) is 0 Å². The molecule has 2 aromatic carbocycles. The summed E-state index contributed by atoms with van der Waals surface area (Å²) in [5.74, 6) is 1.20. The van der Waals surface area contributed by atoms with Crippen molar-refractivity contribution in [1.82, 2.24) is 9.88 Å². The van der Waals surface area contributed by atoms with E-state index >= 15 is 0 Å². The van der Waals surface area contributed by atoms with Crippen molar-refractivity contribution in [3.63, 3.8) is 0 Å². The number of hydrogen-bond acceptors (Lipinski definition) is 3. The quantitative estimate of drug-likeness (QED) is 0.429. The molecule has 1 aliphatic heterocycles. The first-order chi connectivity index (χ1) is 14.0. The van der Waals surface area contributed by atoms with Gasteiger partial charge in [-0.3, -0.25) is 14.9 Å². The number of urea groups is 1. The van der Waals surface area contributed by atoms with Crippen LogP contribution in [0.25, 0.3) is 17.0 Å². The van der Waals surface area contributed by atoms with Crippen molar-refractivity contribution in [3.05, 3.63) is 71.4 Å². The second kappa shape index (κ2) is 7.13. The highest BCUT2D eigenvalue weighted by atomic mass is 16.2. The zero-order valence-electron chi connectivity index (χ0n) is 15.7. The predicted octanol–water partition coefficient (Wildman–Crippen LogP) is 3.25. The van der Waals surface area contributed by atoms with E-state index in [1.807, 2.05) is 35.8 Å². The molecule has 1 aliphatic rings. The van der Waals surface area contributed by atoms with Gasteiger partial charge in [0.25, 0.3) is 11.8 Å². The molecule has 1 fully saturated rings. The minimum absolute atomic E-state index is 0.117. The van der Waals surface area contributed by atoms with Crippen molar-refractivity contribution in [1.29, 1.82) is 0 Å². The Balaban J connectivity index is 1.81. The number of benzene rings is 2. The summed E-state index contributed by atoms with van der Waals surface area (Å²) in [6.07, 6.45) is 8.75. The number of aromatic nitrogens is 1. The number of carbonyl (C=O) groups excluding carboxylic acids is 3. The molecule has 29 heavy (non-hydrogen) atoms. The number of carbonyl (C=O) groups is 3. The predicted molar refractivity (Wildman–Crippen MR) is 111 cm³/mol. The molecule has 0 atom stereocenters. The highest BCUT2D eigenvalue weighted by Gasteiger charge is 2.36. The van der Waals surface area contributed by atoms with E-state index < -0.39 is 17.8 Å². The van der Waals surface area contributed by atoms with Gasteiger partial charge in [-0.05, 0) is 31.2 Å². The number of anilines is 1. The number of nitrogens with zero attached hydrogens (tertiary/aromatic N) is 2. The SMILES string of the molecule is C#CCn1cc(/C=C2/C(=O)NC(=O)N(c3ccc(C)cc3)C2=O)c2ccccc21. The Bertz CT molecular complexity index is 1230. The molecular weight excluding hydrogens is 366 g/mol. The molecule has 0 bridgehead atoms. The van der Waals surface area contributed by atoms with Crippen LogP contribution in [0.2, 0.25) is 0 Å². The number of fused-ring (bicyclic) bond motifs is 1. The fourth-order valence-corrected chi connectivity index (χ4v) is 3.36. The summed E-state index contributed by atoms with van der Waals surface area (Å²) in [4.78, 5) is 38.8. The van der Waals surface area contributed by atoms with Crippen molar-refractivity contribution in [2.24, 2.45) is 0 Å². The Morgan fingerprint density at radius 2 is 1.79 bits per heavy atom. The number of rotatable bonds is 3. The summed E-state index contributed by atoms with van der Waals surface area (Å²) in [6.45, 7) is 2.26. The fraction of sp³-hybridized carbons (Fsp3) is 0.0870. The van der Waals surface area contributed by atoms with E-state index in [1.54, 1.807) is 30.5 Å². The first-order valence-corrected chi connectivity index (χ1v) is 8.99. The number of nitrogens with one attached hydrogen (secondary N) is 1. The van der Waals surface area contributed by atoms with Crippen LogP contribution in [0.1, 0.15) is 11.1 Å². The van der Waals surface area contributed by atoms with Crippen molar-refractivity contribution < 1.29 is 14.4 Å². The summed E-state index contributed by atoms with van der Waals surface area (Å²) >= 11 is 0. The van der Waals surface area contributed by atoms with Gasteiger partial charge in [0.05, 0.1) is 12.2 Å². The summed E-state index contributed by atoms with van der Waals surface area (Å²) in [5, 5.41) is 3.10. The second-order valence-corrected chi connectivity index (χ2v) is 6.73. The molecule has 1 aromatic heterocycles. The number of aryl methyl sites for hydroxylation is 1. The number of barbiturate groups is 1. The van der Waals surface area contributed by atoms with Gasteiger partial charge >= 0.3 is 6.03 Å². The van der Waals surface area contributed by atoms with Crippen LogP contribution in [-0.4, -0.2) is 22.4 Å². The Morgan fingerprint density at radius 1 is 1.07 bits per heavy atom. The molecule has 2 heterocycles. The second-order valence-electron chi connectivity index (χ2n) is 6.73. The molecule has 0 aliphatic carbocycles. The van der Waals surface area contributed by atoms with Crippen molar-refractivity contribution in [2.45, 2.75) is 13.5 Å². The summed E-state index contributed by atoms with van der Waals surface area (Å²) in [5.41, 5.74) is 2.84. The maximum Gasteiger partial charge on any atom is 0.335 e. The molecule has 4 rings (SSSR count). The van der Waals surface area contributed by atoms with Gasteiger partial charge in [0.15, 0.2) is 0 Å². The molecule has 6 heteroatoms. The van der Waals surface area contributed by atoms with Gasteiger partial charge in [-0.1, -0.05) is 41.8 Å². The average molecular weight is 383 g/mol. The Kier molecular flexibility index (Phi) is 4.49. The van der Waals surface area contributed by atoms with Gasteiger partial charge in [0.2, 0.25) is 0 Å². The largest absolute Gasteiger partial charge is 0.335 e. The lowest BCUT2D eigenvalue weighted by Gasteiger charge is -2.26. The molecule has 0 radical (unpaired) electrons.